The minimum absolute atomic E-state index is 0.0576. The molecule has 180 valence electrons. The van der Waals surface area contributed by atoms with Crippen molar-refractivity contribution in [3.8, 4) is 6.07 Å². The van der Waals surface area contributed by atoms with Crippen LogP contribution in [0.15, 0.2) is 34.9 Å². The van der Waals surface area contributed by atoms with Crippen molar-refractivity contribution in [2.24, 2.45) is 5.92 Å². The number of amides is 2. The monoisotopic (exact) mass is 485 g/mol. The number of hydrogen-bond acceptors (Lipinski definition) is 8. The summed E-state index contributed by atoms with van der Waals surface area (Å²) in [6, 6.07) is 8.42. The Morgan fingerprint density at radius 3 is 2.47 bits per heavy atom. The topological polar surface area (TPSA) is 126 Å². The lowest BCUT2D eigenvalue weighted by Crippen LogP contribution is -2.45. The molecule has 3 atom stereocenters. The lowest BCUT2D eigenvalue weighted by Gasteiger charge is -2.34. The summed E-state index contributed by atoms with van der Waals surface area (Å²) in [6.45, 7) is 2.70. The molecule has 1 saturated heterocycles. The summed E-state index contributed by atoms with van der Waals surface area (Å²) < 4.78 is 9.54. The first-order valence-electron chi connectivity index (χ1n) is 11.0. The van der Waals surface area contributed by atoms with Crippen LogP contribution in [0.25, 0.3) is 0 Å². The Labute approximate surface area is 202 Å². The molecule has 2 aliphatic rings. The maximum Gasteiger partial charge on any atom is 0.337 e. The van der Waals surface area contributed by atoms with Gasteiger partial charge in [-0.2, -0.15) is 5.26 Å². The molecule has 0 bridgehead atoms. The molecule has 0 radical (unpaired) electrons. The number of nitriles is 1. The maximum absolute atomic E-state index is 12.9. The zero-order valence-corrected chi connectivity index (χ0v) is 20.1. The SMILES string of the molecule is COC(=O)c1ccc([C@@H]2C(C#N)=C(SCC(=O)N3CCCC[C@@H]3C)NC(=O)[C@@H]2C(=O)OC)cc1. The Hall–Kier alpha value is -3.32. The number of rotatable bonds is 6. The van der Waals surface area contributed by atoms with Crippen molar-refractivity contribution in [1.29, 1.82) is 5.26 Å². The van der Waals surface area contributed by atoms with Crippen LogP contribution in [-0.2, 0) is 23.9 Å². The highest BCUT2D eigenvalue weighted by atomic mass is 32.2. The second-order valence-electron chi connectivity index (χ2n) is 8.16. The van der Waals surface area contributed by atoms with E-state index in [0.717, 1.165) is 31.0 Å². The first-order valence-corrected chi connectivity index (χ1v) is 11.9. The Morgan fingerprint density at radius 1 is 1.18 bits per heavy atom. The van der Waals surface area contributed by atoms with Gasteiger partial charge >= 0.3 is 11.9 Å². The number of esters is 2. The predicted molar refractivity (Wildman–Crippen MR) is 124 cm³/mol. The van der Waals surface area contributed by atoms with Gasteiger partial charge < -0.3 is 19.7 Å². The third-order valence-electron chi connectivity index (χ3n) is 6.14. The molecule has 0 spiro atoms. The molecular weight excluding hydrogens is 458 g/mol. The Morgan fingerprint density at radius 2 is 1.88 bits per heavy atom. The number of allylic oxidation sites excluding steroid dienone is 1. The van der Waals surface area contributed by atoms with Crippen LogP contribution in [0.4, 0.5) is 0 Å². The van der Waals surface area contributed by atoms with E-state index in [9.17, 15) is 24.4 Å². The Kier molecular flexibility index (Phi) is 8.34. The average molecular weight is 486 g/mol. The molecule has 1 fully saturated rings. The second-order valence-corrected chi connectivity index (χ2v) is 9.14. The summed E-state index contributed by atoms with van der Waals surface area (Å²) in [5, 5.41) is 12.9. The van der Waals surface area contributed by atoms with Crippen molar-refractivity contribution in [2.45, 2.75) is 38.1 Å². The number of thioether (sulfide) groups is 1. The van der Waals surface area contributed by atoms with Gasteiger partial charge in [0.1, 0.15) is 5.92 Å². The predicted octanol–water partition coefficient (Wildman–Crippen LogP) is 2.35. The van der Waals surface area contributed by atoms with Gasteiger partial charge in [0.05, 0.1) is 42.2 Å². The van der Waals surface area contributed by atoms with Crippen LogP contribution in [0.3, 0.4) is 0 Å². The van der Waals surface area contributed by atoms with E-state index in [-0.39, 0.29) is 28.3 Å². The second kappa shape index (κ2) is 11.2. The van der Waals surface area contributed by atoms with Gasteiger partial charge in [0.15, 0.2) is 0 Å². The van der Waals surface area contributed by atoms with Crippen molar-refractivity contribution in [3.05, 3.63) is 46.0 Å². The molecule has 0 unspecified atom stereocenters. The summed E-state index contributed by atoms with van der Waals surface area (Å²) in [5.74, 6) is -4.15. The third-order valence-corrected chi connectivity index (χ3v) is 7.14. The third kappa shape index (κ3) is 5.25. The van der Waals surface area contributed by atoms with Crippen LogP contribution in [0.2, 0.25) is 0 Å². The highest BCUT2D eigenvalue weighted by Crippen LogP contribution is 2.40. The fourth-order valence-corrected chi connectivity index (χ4v) is 5.24. The Bertz CT molecular complexity index is 1050. The van der Waals surface area contributed by atoms with E-state index < -0.39 is 29.7 Å². The number of ether oxygens (including phenoxy) is 2. The molecule has 1 N–H and O–H groups in total. The van der Waals surface area contributed by atoms with Crippen molar-refractivity contribution in [1.82, 2.24) is 10.2 Å². The molecule has 1 aromatic carbocycles. The fraction of sp³-hybridized carbons (Fsp3) is 0.458. The number of methoxy groups -OCH3 is 2. The van der Waals surface area contributed by atoms with Gasteiger partial charge in [0.25, 0.3) is 0 Å². The quantitative estimate of drug-likeness (QED) is 0.481. The van der Waals surface area contributed by atoms with Crippen LogP contribution in [0, 0.1) is 17.2 Å². The molecule has 10 heteroatoms. The van der Waals surface area contributed by atoms with Crippen molar-refractivity contribution in [3.63, 3.8) is 0 Å². The Balaban J connectivity index is 1.93. The van der Waals surface area contributed by atoms with E-state index in [1.54, 1.807) is 12.1 Å². The van der Waals surface area contributed by atoms with Gasteiger partial charge in [-0.15, -0.1) is 0 Å². The number of nitrogens with zero attached hydrogens (tertiary/aromatic N) is 2. The minimum Gasteiger partial charge on any atom is -0.468 e. The van der Waals surface area contributed by atoms with E-state index in [1.165, 1.54) is 26.4 Å². The van der Waals surface area contributed by atoms with Gasteiger partial charge in [-0.25, -0.2) is 4.79 Å². The number of carbonyl (C=O) groups excluding carboxylic acids is 4. The van der Waals surface area contributed by atoms with Crippen LogP contribution in [0.1, 0.15) is 48.0 Å². The first kappa shape index (κ1) is 25.3. The van der Waals surface area contributed by atoms with Gasteiger partial charge in [0, 0.05) is 18.5 Å². The van der Waals surface area contributed by atoms with Gasteiger partial charge in [-0.3, -0.25) is 14.4 Å². The molecule has 2 heterocycles. The standard InChI is InChI=1S/C24H27N3O6S/c1-14-6-4-5-11-27(14)18(28)13-34-22-17(12-25)19(20(21(29)26-22)24(31)33-3)15-7-9-16(10-8-15)23(30)32-2/h7-10,14,19-20H,4-6,11,13H2,1-3H3,(H,26,29)/t14-,19+,20+/m0/s1. The van der Waals surface area contributed by atoms with Gasteiger partial charge in [-0.1, -0.05) is 23.9 Å². The molecule has 0 aliphatic carbocycles. The summed E-state index contributed by atoms with van der Waals surface area (Å²) >= 11 is 1.08. The van der Waals surface area contributed by atoms with Crippen LogP contribution >= 0.6 is 11.8 Å². The zero-order valence-electron chi connectivity index (χ0n) is 19.3. The molecule has 0 aromatic heterocycles. The van der Waals surface area contributed by atoms with E-state index >= 15 is 0 Å². The average Bonchev–Trinajstić information content (AvgIpc) is 2.86. The van der Waals surface area contributed by atoms with Gasteiger partial charge in [0.2, 0.25) is 11.8 Å². The molecule has 2 amide bonds. The summed E-state index contributed by atoms with van der Waals surface area (Å²) in [6.07, 6.45) is 2.99. The van der Waals surface area contributed by atoms with E-state index in [1.807, 2.05) is 11.8 Å². The molecule has 0 saturated carbocycles. The number of carbonyl (C=O) groups is 4. The largest absolute Gasteiger partial charge is 0.468 e. The molecule has 2 aliphatic heterocycles. The molecule has 1 aromatic rings. The number of hydrogen-bond donors (Lipinski definition) is 1. The minimum atomic E-state index is -1.29. The van der Waals surface area contributed by atoms with E-state index in [0.29, 0.717) is 17.7 Å². The summed E-state index contributed by atoms with van der Waals surface area (Å²) in [5.41, 5.74) is 0.938. The smallest absolute Gasteiger partial charge is 0.337 e. The fourth-order valence-electron chi connectivity index (χ4n) is 4.31. The number of benzene rings is 1. The normalized spacial score (nSPS) is 22.5. The lowest BCUT2D eigenvalue weighted by molar-refractivity contribution is -0.150. The highest BCUT2D eigenvalue weighted by molar-refractivity contribution is 8.03. The number of likely N-dealkylation sites (tertiary alicyclic amines) is 1. The van der Waals surface area contributed by atoms with Crippen molar-refractivity contribution in [2.75, 3.05) is 26.5 Å². The van der Waals surface area contributed by atoms with E-state index in [2.05, 4.69) is 11.4 Å². The molecular formula is C24H27N3O6S. The highest BCUT2D eigenvalue weighted by Gasteiger charge is 2.44. The number of piperidine rings is 1. The summed E-state index contributed by atoms with van der Waals surface area (Å²) in [4.78, 5) is 51.8. The molecule has 3 rings (SSSR count). The molecule has 9 nitrogen and oxygen atoms in total. The van der Waals surface area contributed by atoms with Crippen LogP contribution in [0.5, 0.6) is 0 Å². The zero-order chi connectivity index (χ0) is 24.8. The first-order chi connectivity index (χ1) is 16.3. The van der Waals surface area contributed by atoms with Crippen molar-refractivity contribution >= 4 is 35.5 Å². The van der Waals surface area contributed by atoms with Crippen LogP contribution in [-0.4, -0.2) is 61.2 Å². The van der Waals surface area contributed by atoms with Gasteiger partial charge in [-0.05, 0) is 43.9 Å². The van der Waals surface area contributed by atoms with E-state index in [4.69, 9.17) is 9.47 Å². The lowest BCUT2D eigenvalue weighted by atomic mass is 9.78. The molecule has 34 heavy (non-hydrogen) atoms. The van der Waals surface area contributed by atoms with Crippen LogP contribution < -0.4 is 5.32 Å². The maximum atomic E-state index is 12.9. The number of nitrogens with one attached hydrogen (secondary N) is 1. The summed E-state index contributed by atoms with van der Waals surface area (Å²) in [7, 11) is 2.44. The van der Waals surface area contributed by atoms with Crippen molar-refractivity contribution < 1.29 is 28.7 Å².